The smallest absolute Gasteiger partial charge is 0.169 e. The lowest BCUT2D eigenvalue weighted by atomic mass is 9.44. The first-order valence-corrected chi connectivity index (χ1v) is 15.4. The van der Waals surface area contributed by atoms with Gasteiger partial charge in [-0.15, -0.1) is 0 Å². The van der Waals surface area contributed by atoms with Gasteiger partial charge >= 0.3 is 0 Å². The molecule has 4 aliphatic carbocycles. The topological polar surface area (TPSA) is 55.8 Å². The summed E-state index contributed by atoms with van der Waals surface area (Å²) < 4.78 is 11.5. The first-order valence-electron chi connectivity index (χ1n) is 15.4. The van der Waals surface area contributed by atoms with Gasteiger partial charge in [0.1, 0.15) is 11.5 Å². The van der Waals surface area contributed by atoms with E-state index in [-0.39, 0.29) is 16.2 Å². The molecule has 0 bridgehead atoms. The molecule has 0 aromatic heterocycles. The number of aliphatic hydroxyl groups is 1. The van der Waals surface area contributed by atoms with Crippen LogP contribution in [0.4, 0.5) is 0 Å². The molecular weight excluding hydrogens is 496 g/mol. The molecule has 0 amide bonds. The lowest BCUT2D eigenvalue weighted by Gasteiger charge is -2.60. The monoisotopic (exact) mass is 542 g/mol. The number of methoxy groups -OCH3 is 1. The molecule has 1 N–H and O–H groups in total. The van der Waals surface area contributed by atoms with Crippen LogP contribution in [0.15, 0.2) is 66.2 Å². The Labute approximate surface area is 240 Å². The SMILES string of the molecule is COc1ccc(COC2(O)CC[C@@]3(C)C(=CC[C@@H]4[C@@H]3CC[C@@]3(C)[C@H]4CC[C@]3(Cc3ccccc3)C(C)=O)C2)cc1. The number of ether oxygens (including phenoxy) is 2. The van der Waals surface area contributed by atoms with Gasteiger partial charge in [0.15, 0.2) is 5.79 Å². The maximum absolute atomic E-state index is 13.5. The van der Waals surface area contributed by atoms with Crippen molar-refractivity contribution in [3.8, 4) is 5.75 Å². The number of allylic oxidation sites excluding steroid dienone is 1. The Bertz CT molecular complexity index is 1270. The third kappa shape index (κ3) is 4.38. The van der Waals surface area contributed by atoms with Crippen LogP contribution in [0.3, 0.4) is 0 Å². The minimum atomic E-state index is -1.12. The molecule has 3 saturated carbocycles. The van der Waals surface area contributed by atoms with E-state index in [9.17, 15) is 9.90 Å². The predicted molar refractivity (Wildman–Crippen MR) is 158 cm³/mol. The Hall–Kier alpha value is -2.43. The maximum Gasteiger partial charge on any atom is 0.169 e. The van der Waals surface area contributed by atoms with Crippen molar-refractivity contribution >= 4 is 5.78 Å². The van der Waals surface area contributed by atoms with Crippen molar-refractivity contribution in [3.05, 3.63) is 77.4 Å². The van der Waals surface area contributed by atoms with Crippen molar-refractivity contribution in [1.82, 2.24) is 0 Å². The van der Waals surface area contributed by atoms with Crippen molar-refractivity contribution in [2.24, 2.45) is 34.0 Å². The Morgan fingerprint density at radius 1 is 0.925 bits per heavy atom. The molecule has 4 heteroatoms. The van der Waals surface area contributed by atoms with Crippen molar-refractivity contribution in [2.45, 2.75) is 91.0 Å². The number of carbonyl (C=O) groups is 1. The highest BCUT2D eigenvalue weighted by molar-refractivity contribution is 5.84. The third-order valence-electron chi connectivity index (χ3n) is 12.2. The number of rotatable bonds is 7. The zero-order valence-corrected chi connectivity index (χ0v) is 24.7. The van der Waals surface area contributed by atoms with Crippen LogP contribution in [0, 0.1) is 34.0 Å². The summed E-state index contributed by atoms with van der Waals surface area (Å²) in [5.74, 6) is 1.88. The van der Waals surface area contributed by atoms with Crippen LogP contribution in [0.2, 0.25) is 0 Å². The van der Waals surface area contributed by atoms with E-state index in [1.165, 1.54) is 17.6 Å². The Morgan fingerprint density at radius 2 is 1.65 bits per heavy atom. The van der Waals surface area contributed by atoms with Crippen LogP contribution < -0.4 is 4.74 Å². The molecular formula is C36H46O4. The van der Waals surface area contributed by atoms with Crippen LogP contribution in [0.25, 0.3) is 0 Å². The number of hydrogen-bond donors (Lipinski definition) is 1. The van der Waals surface area contributed by atoms with Gasteiger partial charge in [0.05, 0.1) is 13.7 Å². The van der Waals surface area contributed by atoms with E-state index in [4.69, 9.17) is 9.47 Å². The Morgan fingerprint density at radius 3 is 2.35 bits per heavy atom. The number of fused-ring (bicyclic) bond motifs is 5. The summed E-state index contributed by atoms with van der Waals surface area (Å²) in [5.41, 5.74) is 3.59. The first kappa shape index (κ1) is 27.7. The van der Waals surface area contributed by atoms with Gasteiger partial charge in [0.25, 0.3) is 0 Å². The zero-order chi connectivity index (χ0) is 28.2. The molecule has 6 rings (SSSR count). The van der Waals surface area contributed by atoms with E-state index in [1.807, 2.05) is 31.2 Å². The van der Waals surface area contributed by atoms with E-state index in [0.717, 1.165) is 49.8 Å². The van der Waals surface area contributed by atoms with Crippen LogP contribution in [0.5, 0.6) is 5.75 Å². The fraction of sp³-hybridized carbons (Fsp3) is 0.583. The molecule has 1 unspecified atom stereocenters. The quantitative estimate of drug-likeness (QED) is 0.288. The normalized spacial score (nSPS) is 38.5. The van der Waals surface area contributed by atoms with Gasteiger partial charge in [0, 0.05) is 18.3 Å². The summed E-state index contributed by atoms with van der Waals surface area (Å²) in [6, 6.07) is 18.5. The highest BCUT2D eigenvalue weighted by Crippen LogP contribution is 2.70. The largest absolute Gasteiger partial charge is 0.497 e. The highest BCUT2D eigenvalue weighted by Gasteiger charge is 2.65. The van der Waals surface area contributed by atoms with E-state index in [0.29, 0.717) is 43.0 Å². The van der Waals surface area contributed by atoms with E-state index in [1.54, 1.807) is 7.11 Å². The molecule has 214 valence electrons. The van der Waals surface area contributed by atoms with Gasteiger partial charge in [-0.2, -0.15) is 0 Å². The second kappa shape index (κ2) is 10.1. The van der Waals surface area contributed by atoms with Gasteiger partial charge in [-0.25, -0.2) is 0 Å². The lowest BCUT2D eigenvalue weighted by Crippen LogP contribution is -2.55. The number of benzene rings is 2. The number of ketones is 1. The molecule has 2 aromatic carbocycles. The minimum Gasteiger partial charge on any atom is -0.497 e. The van der Waals surface area contributed by atoms with Gasteiger partial charge in [-0.1, -0.05) is 68.0 Å². The maximum atomic E-state index is 13.5. The molecule has 4 aliphatic rings. The van der Waals surface area contributed by atoms with Crippen molar-refractivity contribution in [2.75, 3.05) is 7.11 Å². The molecule has 0 spiro atoms. The van der Waals surface area contributed by atoms with E-state index in [2.05, 4.69) is 50.3 Å². The molecule has 4 nitrogen and oxygen atoms in total. The van der Waals surface area contributed by atoms with Gasteiger partial charge in [-0.3, -0.25) is 4.79 Å². The van der Waals surface area contributed by atoms with Gasteiger partial charge in [-0.05, 0) is 104 Å². The molecule has 3 fully saturated rings. The summed E-state index contributed by atoms with van der Waals surface area (Å²) in [6.45, 7) is 7.17. The second-order valence-corrected chi connectivity index (χ2v) is 13.8. The summed E-state index contributed by atoms with van der Waals surface area (Å²) >= 11 is 0. The van der Waals surface area contributed by atoms with Crippen molar-refractivity contribution in [1.29, 1.82) is 0 Å². The van der Waals surface area contributed by atoms with Crippen LogP contribution in [0.1, 0.15) is 83.3 Å². The summed E-state index contributed by atoms with van der Waals surface area (Å²) in [5, 5.41) is 11.5. The fourth-order valence-electron chi connectivity index (χ4n) is 9.75. The number of hydrogen-bond acceptors (Lipinski definition) is 4. The molecule has 0 radical (unpaired) electrons. The molecule has 0 saturated heterocycles. The van der Waals surface area contributed by atoms with Crippen LogP contribution in [-0.4, -0.2) is 23.8 Å². The standard InChI is InChI=1S/C36H46O4/c1-25(37)35(22-26-8-6-5-7-9-26)19-17-32-30-15-12-28-23-36(38,40-24-27-10-13-29(39-4)14-11-27)21-20-33(28,2)31(30)16-18-34(32,35)3/h5-14,30-32,38H,15-24H2,1-4H3/t30-,31+,32+,33+,34+,35+,36?/m1/s1. The van der Waals surface area contributed by atoms with E-state index >= 15 is 0 Å². The summed E-state index contributed by atoms with van der Waals surface area (Å²) in [6.07, 6.45) is 11.0. The second-order valence-electron chi connectivity index (χ2n) is 13.8. The van der Waals surface area contributed by atoms with Crippen molar-refractivity contribution < 1.29 is 19.4 Å². The average Bonchev–Trinajstić information content (AvgIpc) is 3.26. The zero-order valence-electron chi connectivity index (χ0n) is 24.7. The fourth-order valence-corrected chi connectivity index (χ4v) is 9.75. The minimum absolute atomic E-state index is 0.0361. The molecule has 40 heavy (non-hydrogen) atoms. The van der Waals surface area contributed by atoms with Crippen LogP contribution >= 0.6 is 0 Å². The Balaban J connectivity index is 1.20. The molecule has 2 aromatic rings. The molecule has 0 aliphatic heterocycles. The van der Waals surface area contributed by atoms with E-state index < -0.39 is 5.79 Å². The first-order chi connectivity index (χ1) is 19.1. The Kier molecular flexibility index (Phi) is 7.02. The van der Waals surface area contributed by atoms with Crippen LogP contribution in [-0.2, 0) is 22.6 Å². The van der Waals surface area contributed by atoms with Gasteiger partial charge in [0.2, 0.25) is 0 Å². The average molecular weight is 543 g/mol. The molecule has 0 heterocycles. The molecule has 7 atom stereocenters. The summed E-state index contributed by atoms with van der Waals surface area (Å²) in [4.78, 5) is 13.5. The van der Waals surface area contributed by atoms with Crippen molar-refractivity contribution in [3.63, 3.8) is 0 Å². The predicted octanol–water partition coefficient (Wildman–Crippen LogP) is 7.68. The third-order valence-corrected chi connectivity index (χ3v) is 12.2. The number of carbonyl (C=O) groups excluding carboxylic acids is 1. The number of Topliss-reactive ketones (excluding diaryl/α,β-unsaturated/α-hetero) is 1. The highest BCUT2D eigenvalue weighted by atomic mass is 16.6. The summed E-state index contributed by atoms with van der Waals surface area (Å²) in [7, 11) is 1.67. The lowest BCUT2D eigenvalue weighted by molar-refractivity contribution is -0.231. The van der Waals surface area contributed by atoms with Gasteiger partial charge < -0.3 is 14.6 Å².